The average Bonchev–Trinajstić information content (AvgIpc) is 0.794. The number of hydrogen-bond acceptors (Lipinski definition) is 15. The first-order chi connectivity index (χ1) is 45.1. The van der Waals surface area contributed by atoms with Gasteiger partial charge in [-0.3, -0.25) is 14.4 Å². The summed E-state index contributed by atoms with van der Waals surface area (Å²) >= 11 is 0. The van der Waals surface area contributed by atoms with Crippen LogP contribution in [0.2, 0.25) is 0 Å². The van der Waals surface area contributed by atoms with Gasteiger partial charge in [-0.05, 0) is 119 Å². The molecule has 36 heteroatoms. The summed E-state index contributed by atoms with van der Waals surface area (Å²) in [4.78, 5) is 40.8. The third-order valence-corrected chi connectivity index (χ3v) is 21.0. The first-order valence-corrected chi connectivity index (χ1v) is 38.6. The molecule has 0 aliphatic rings. The molecule has 0 aliphatic carbocycles. The number of alkyl halides is 15. The highest BCUT2D eigenvalue weighted by atomic mass is 32.2. The van der Waals surface area contributed by atoms with Crippen molar-refractivity contribution in [3.8, 4) is 0 Å². The summed E-state index contributed by atoms with van der Waals surface area (Å²) in [5.74, 6) is -6.21. The van der Waals surface area contributed by atoms with Gasteiger partial charge in [0, 0.05) is 21.8 Å². The Morgan fingerprint density at radius 3 is 0.810 bits per heavy atom. The zero-order chi connectivity index (χ0) is 78.5. The second-order valence-electron chi connectivity index (χ2n) is 23.8. The van der Waals surface area contributed by atoms with Gasteiger partial charge in [0.2, 0.25) is 0 Å². The van der Waals surface area contributed by atoms with Crippen LogP contribution in [0.4, 0.5) is 65.9 Å². The van der Waals surface area contributed by atoms with E-state index in [1.807, 2.05) is 0 Å². The molecule has 5 rings (SSSR count). The van der Waals surface area contributed by atoms with E-state index in [1.54, 1.807) is 0 Å². The van der Waals surface area contributed by atoms with Gasteiger partial charge in [0.25, 0.3) is 18.3 Å². The first-order valence-electron chi connectivity index (χ1n) is 29.1. The van der Waals surface area contributed by atoms with Crippen LogP contribution in [0.25, 0.3) is 0 Å². The van der Waals surface area contributed by atoms with Crippen molar-refractivity contribution in [1.29, 1.82) is 0 Å². The zero-order valence-corrected chi connectivity index (χ0v) is 61.4. The van der Waals surface area contributed by atoms with Crippen molar-refractivity contribution in [3.05, 3.63) is 151 Å². The maximum absolute atomic E-state index is 13.0. The highest BCUT2D eigenvalue weighted by Crippen LogP contribution is 2.43. The lowest BCUT2D eigenvalue weighted by molar-refractivity contribution is -0.262. The SMILES string of the molecule is CC(C)(C)c1ccc([S+](c2ccccc2)c2ccccc2)cc1.CCC(C)(C)C(=O)OC(C(F)(F)F)C(F)(F)S(=O)(=O)[O-].CCC(C)(C)C(=O)OC(C(F)(F)F)C(F)(F)S(=O)(=O)[O-].CCC(C)C(=O)OC(C(F)(F)F)C(F)(F)S(=O)(=O)[O-].C[S+](C)c1ccccc1.C[S+](C)c1ccccc1. The zero-order valence-electron chi connectivity index (χ0n) is 56.5. The molecule has 4 atom stereocenters. The molecule has 0 spiro atoms. The van der Waals surface area contributed by atoms with E-state index in [0.717, 1.165) is 34.6 Å². The molecule has 0 saturated carbocycles. The van der Waals surface area contributed by atoms with Gasteiger partial charge in [0.1, 0.15) is 25.0 Å². The van der Waals surface area contributed by atoms with Crippen LogP contribution in [-0.4, -0.2) is 134 Å². The molecule has 0 aromatic heterocycles. The number of benzene rings is 5. The highest BCUT2D eigenvalue weighted by Gasteiger charge is 2.65. The highest BCUT2D eigenvalue weighted by molar-refractivity contribution is 7.97. The van der Waals surface area contributed by atoms with Crippen molar-refractivity contribution in [3.63, 3.8) is 0 Å². The van der Waals surface area contributed by atoms with Crippen molar-refractivity contribution < 1.29 is 133 Å². The number of carbonyl (C=O) groups is 3. The van der Waals surface area contributed by atoms with Gasteiger partial charge in [-0.25, -0.2) is 25.3 Å². The molecule has 4 unspecified atom stereocenters. The fourth-order valence-corrected chi connectivity index (χ4v) is 11.4. The van der Waals surface area contributed by atoms with Crippen LogP contribution in [0.1, 0.15) is 101 Å². The van der Waals surface area contributed by atoms with Gasteiger partial charge in [-0.15, -0.1) is 0 Å². The van der Waals surface area contributed by atoms with Crippen molar-refractivity contribution in [1.82, 2.24) is 0 Å². The Bertz CT molecular complexity index is 3490. The van der Waals surface area contributed by atoms with Crippen molar-refractivity contribution in [2.75, 3.05) is 25.0 Å². The largest absolute Gasteiger partial charge is 0.743 e. The molecule has 0 radical (unpaired) electrons. The van der Waals surface area contributed by atoms with Gasteiger partial charge < -0.3 is 27.9 Å². The van der Waals surface area contributed by atoms with Gasteiger partial charge in [0.15, 0.2) is 54.8 Å². The molecule has 5 aromatic rings. The molecule has 0 N–H and O–H groups in total. The Kier molecular flexibility index (Phi) is 35.9. The van der Waals surface area contributed by atoms with Crippen LogP contribution in [0, 0.1) is 16.7 Å². The van der Waals surface area contributed by atoms with E-state index >= 15 is 0 Å². The van der Waals surface area contributed by atoms with E-state index in [-0.39, 0.29) is 35.6 Å². The Morgan fingerprint density at radius 1 is 0.390 bits per heavy atom. The first kappa shape index (κ1) is 94.2. The molecule has 15 nitrogen and oxygen atoms in total. The molecule has 0 amide bonds. The summed E-state index contributed by atoms with van der Waals surface area (Å²) in [6.45, 7) is 16.5. The summed E-state index contributed by atoms with van der Waals surface area (Å²) < 4.78 is 292. The molecule has 5 aromatic carbocycles. The number of rotatable bonds is 20. The van der Waals surface area contributed by atoms with Gasteiger partial charge in [-0.2, -0.15) is 65.9 Å². The maximum Gasteiger partial charge on any atom is 0.432 e. The summed E-state index contributed by atoms with van der Waals surface area (Å²) in [6, 6.07) is 51.9. The molecule has 100 heavy (non-hydrogen) atoms. The third-order valence-electron chi connectivity index (χ3n) is 13.7. The van der Waals surface area contributed by atoms with Crippen LogP contribution < -0.4 is 0 Å². The number of halogens is 15. The van der Waals surface area contributed by atoms with Crippen molar-refractivity contribution in [2.24, 2.45) is 16.7 Å². The molecular formula is C64H79F15O15S6. The number of esters is 3. The standard InChI is InChI=1S/C22H23S.2C9H13F5O5S.C8H11F5O5S.2C8H11S/c1-22(2,3)18-14-16-21(17-15-18)23(19-10-6-4-7-11-19)20-12-8-5-9-13-20;2*1-4-7(2,3)6(15)19-5(8(10,11)12)9(13,14)20(16,17)18;1-3-4(2)5(14)18-6(7(9,10)11)8(12,13)19(15,16)17;2*1-9(2)8-6-4-3-5-7-8/h4-17H,1-3H3;2*5H,4H2,1-3H3,(H,16,17,18);4,6H,3H2,1-2H3,(H,15,16,17);2*3-7H,1-2H3/q+1;;;;2*+1/p-3. The minimum absolute atomic E-state index is 0.0148. The molecule has 0 heterocycles. The van der Waals surface area contributed by atoms with E-state index in [0.29, 0.717) is 21.8 Å². The van der Waals surface area contributed by atoms with E-state index in [1.165, 1.54) is 50.8 Å². The predicted octanol–water partition coefficient (Wildman–Crippen LogP) is 15.6. The third kappa shape index (κ3) is 29.5. The molecule has 0 bridgehead atoms. The number of hydrogen-bond donors (Lipinski definition) is 0. The maximum atomic E-state index is 13.0. The summed E-state index contributed by atoms with van der Waals surface area (Å²) in [5, 5.41) is -17.4. The number of ether oxygens (including phenoxy) is 3. The molecule has 0 fully saturated rings. The van der Waals surface area contributed by atoms with Crippen LogP contribution in [-0.2, 0) is 97.0 Å². The van der Waals surface area contributed by atoms with Gasteiger partial charge in [-0.1, -0.05) is 133 Å². The number of carbonyl (C=O) groups excluding carboxylic acids is 3. The van der Waals surface area contributed by atoms with Crippen molar-refractivity contribution >= 4 is 80.9 Å². The van der Waals surface area contributed by atoms with E-state index in [4.69, 9.17) is 0 Å². The Hall–Kier alpha value is -5.76. The van der Waals surface area contributed by atoms with E-state index in [2.05, 4.69) is 206 Å². The monoisotopic (exact) mass is 1560 g/mol. The lowest BCUT2D eigenvalue weighted by Crippen LogP contribution is -2.53. The average molecular weight is 1570 g/mol. The van der Waals surface area contributed by atoms with Crippen molar-refractivity contribution in [2.45, 2.75) is 178 Å². The summed E-state index contributed by atoms with van der Waals surface area (Å²) in [6.07, 6.45) is -22.0. The normalized spacial score (nSPS) is 14.0. The van der Waals surface area contributed by atoms with Crippen LogP contribution >= 0.6 is 0 Å². The van der Waals surface area contributed by atoms with E-state index < -0.39 is 118 Å². The van der Waals surface area contributed by atoms with Crippen LogP contribution in [0.15, 0.2) is 170 Å². The van der Waals surface area contributed by atoms with E-state index in [9.17, 15) is 119 Å². The minimum atomic E-state index is -6.66. The molecule has 0 saturated heterocycles. The fraction of sp³-hybridized carbons (Fsp3) is 0.484. The second-order valence-corrected chi connectivity index (χ2v) is 34.4. The lowest BCUT2D eigenvalue weighted by atomic mass is 9.87. The predicted molar refractivity (Wildman–Crippen MR) is 347 cm³/mol. The van der Waals surface area contributed by atoms with Crippen LogP contribution in [0.3, 0.4) is 0 Å². The topological polar surface area (TPSA) is 250 Å². The van der Waals surface area contributed by atoms with Gasteiger partial charge in [0.05, 0.1) is 27.6 Å². The fourth-order valence-electron chi connectivity index (χ4n) is 6.59. The molecule has 0 aliphatic heterocycles. The lowest BCUT2D eigenvalue weighted by Gasteiger charge is -2.32. The molecular weight excluding hydrogens is 1490 g/mol. The Balaban J connectivity index is 0.00000121. The summed E-state index contributed by atoms with van der Waals surface area (Å²) in [7, 11) is -19.2. The van der Waals surface area contributed by atoms with Crippen LogP contribution in [0.5, 0.6) is 0 Å². The second kappa shape index (κ2) is 38.1. The smallest absolute Gasteiger partial charge is 0.432 e. The molecule has 566 valence electrons. The summed E-state index contributed by atoms with van der Waals surface area (Å²) in [5.41, 5.74) is -1.53. The quantitative estimate of drug-likeness (QED) is 0.0231. The Morgan fingerprint density at radius 2 is 0.620 bits per heavy atom. The Labute approximate surface area is 582 Å². The van der Waals surface area contributed by atoms with Gasteiger partial charge >= 0.3 is 52.2 Å². The minimum Gasteiger partial charge on any atom is -0.743 e.